The molecule has 26 unspecified atom stereocenters. The van der Waals surface area contributed by atoms with Crippen molar-refractivity contribution >= 4 is 11.9 Å². The Balaban J connectivity index is 0.907. The standard InChI is InChI=1S/C54H92O6/c1-27-17-43(29(3)15-41(27)37-11-13-39(53(57)58)51(55)25-37)45-19-33(7)47(21-31(45)5)49-23-36(10)50(24-35(49)9)48-22-32(6)46(20-34(48)8)44-18-28(2)42(16-30(44)4)38-12-14-40(54(59)60)52(56)26-38/h27-52,55-56H,11-26H2,1-10H3,(H,57,58)(H,59,60). The molecule has 344 valence electrons. The third kappa shape index (κ3) is 9.47. The number of rotatable bonds is 8. The molecule has 7 aliphatic rings. The number of carbonyl (C=O) groups is 2. The van der Waals surface area contributed by atoms with Gasteiger partial charge in [-0.25, -0.2) is 0 Å². The first-order chi connectivity index (χ1) is 28.3. The minimum absolute atomic E-state index is 0.473. The fraction of sp³-hybridized carbons (Fsp3) is 0.963. The van der Waals surface area contributed by atoms with Crippen molar-refractivity contribution in [2.45, 2.75) is 184 Å². The molecular weight excluding hydrogens is 745 g/mol. The van der Waals surface area contributed by atoms with E-state index < -0.39 is 36.0 Å². The number of hydrogen-bond acceptors (Lipinski definition) is 4. The van der Waals surface area contributed by atoms with Gasteiger partial charge in [0.2, 0.25) is 0 Å². The maximum absolute atomic E-state index is 11.7. The smallest absolute Gasteiger partial charge is 0.309 e. The monoisotopic (exact) mass is 837 g/mol. The molecule has 26 atom stereocenters. The molecule has 4 N–H and O–H groups in total. The lowest BCUT2D eigenvalue weighted by Gasteiger charge is -2.55. The van der Waals surface area contributed by atoms with Gasteiger partial charge in [0.1, 0.15) is 0 Å². The van der Waals surface area contributed by atoms with Gasteiger partial charge >= 0.3 is 11.9 Å². The molecule has 7 aliphatic carbocycles. The third-order valence-corrected chi connectivity index (χ3v) is 21.5. The van der Waals surface area contributed by atoms with Crippen LogP contribution in [0.4, 0.5) is 0 Å². The predicted molar refractivity (Wildman–Crippen MR) is 242 cm³/mol. The number of carboxylic acid groups (broad SMARTS) is 2. The van der Waals surface area contributed by atoms with Crippen molar-refractivity contribution in [3.05, 3.63) is 0 Å². The normalized spacial score (nSPS) is 54.5. The van der Waals surface area contributed by atoms with Gasteiger partial charge in [0.15, 0.2) is 0 Å². The lowest BCUT2D eigenvalue weighted by atomic mass is 9.50. The zero-order valence-corrected chi connectivity index (χ0v) is 39.9. The Kier molecular flexibility index (Phi) is 14.9. The van der Waals surface area contributed by atoms with E-state index in [0.717, 1.165) is 95.7 Å². The van der Waals surface area contributed by atoms with Gasteiger partial charge in [0, 0.05) is 0 Å². The van der Waals surface area contributed by atoms with E-state index in [2.05, 4.69) is 69.2 Å². The average Bonchev–Trinajstić information content (AvgIpc) is 3.18. The molecule has 0 heterocycles. The molecule has 7 saturated carbocycles. The van der Waals surface area contributed by atoms with E-state index in [1.54, 1.807) is 0 Å². The van der Waals surface area contributed by atoms with E-state index in [1.165, 1.54) is 64.2 Å². The van der Waals surface area contributed by atoms with Crippen LogP contribution in [0.3, 0.4) is 0 Å². The highest BCUT2D eigenvalue weighted by Crippen LogP contribution is 2.59. The van der Waals surface area contributed by atoms with Gasteiger partial charge in [0.25, 0.3) is 0 Å². The third-order valence-electron chi connectivity index (χ3n) is 21.5. The predicted octanol–water partition coefficient (Wildman–Crippen LogP) is 12.2. The number of carboxylic acids is 2. The van der Waals surface area contributed by atoms with E-state index >= 15 is 0 Å². The van der Waals surface area contributed by atoms with Crippen LogP contribution in [-0.2, 0) is 9.59 Å². The van der Waals surface area contributed by atoms with Crippen molar-refractivity contribution in [3.63, 3.8) is 0 Å². The van der Waals surface area contributed by atoms with Gasteiger partial charge in [-0.15, -0.1) is 0 Å². The highest BCUT2D eigenvalue weighted by atomic mass is 16.4. The SMILES string of the molecule is CC1CC(C2CC(C)C(C3CC(C)C(C4CC(C)C(C5CC(C)C(C6CCC(C(=O)O)C(O)C6)CC5C)CC4C)CC3C)CC2C)C(C)CC1C1CCC(C(=O)O)C(O)C1. The summed E-state index contributed by atoms with van der Waals surface area (Å²) in [6.45, 7) is 25.8. The van der Waals surface area contributed by atoms with Crippen molar-refractivity contribution in [3.8, 4) is 0 Å². The molecule has 0 aliphatic heterocycles. The summed E-state index contributed by atoms with van der Waals surface area (Å²) in [5, 5.41) is 40.6. The molecule has 0 bridgehead atoms. The summed E-state index contributed by atoms with van der Waals surface area (Å²) in [4.78, 5) is 23.3. The largest absolute Gasteiger partial charge is 0.481 e. The van der Waals surface area contributed by atoms with Crippen molar-refractivity contribution in [1.82, 2.24) is 0 Å². The van der Waals surface area contributed by atoms with Crippen LogP contribution < -0.4 is 0 Å². The minimum Gasteiger partial charge on any atom is -0.481 e. The van der Waals surface area contributed by atoms with Crippen LogP contribution >= 0.6 is 0 Å². The number of aliphatic hydroxyl groups is 2. The van der Waals surface area contributed by atoms with E-state index in [9.17, 15) is 30.0 Å². The summed E-state index contributed by atoms with van der Waals surface area (Å²) in [6, 6.07) is 0. The molecule has 0 radical (unpaired) electrons. The Morgan fingerprint density at radius 2 is 0.483 bits per heavy atom. The molecule has 0 saturated heterocycles. The van der Waals surface area contributed by atoms with Crippen LogP contribution in [-0.4, -0.2) is 44.6 Å². The number of hydrogen-bond donors (Lipinski definition) is 4. The summed E-state index contributed by atoms with van der Waals surface area (Å²) >= 11 is 0. The molecule has 6 nitrogen and oxygen atoms in total. The Labute approximate surface area is 367 Å². The van der Waals surface area contributed by atoms with Crippen molar-refractivity contribution in [2.75, 3.05) is 0 Å². The Morgan fingerprint density at radius 3 is 0.667 bits per heavy atom. The zero-order valence-electron chi connectivity index (χ0n) is 39.9. The Bertz CT molecular complexity index is 1340. The van der Waals surface area contributed by atoms with Crippen molar-refractivity contribution in [2.24, 2.45) is 142 Å². The summed E-state index contributed by atoms with van der Waals surface area (Å²) < 4.78 is 0. The summed E-state index contributed by atoms with van der Waals surface area (Å²) in [5.41, 5.74) is 0. The van der Waals surface area contributed by atoms with E-state index in [4.69, 9.17) is 0 Å². The van der Waals surface area contributed by atoms with Crippen LogP contribution in [0.25, 0.3) is 0 Å². The van der Waals surface area contributed by atoms with E-state index in [0.29, 0.717) is 73.0 Å². The highest BCUT2D eigenvalue weighted by molar-refractivity contribution is 5.71. The number of aliphatic carboxylic acids is 2. The fourth-order valence-electron chi connectivity index (χ4n) is 18.2. The highest BCUT2D eigenvalue weighted by Gasteiger charge is 2.51. The van der Waals surface area contributed by atoms with Crippen molar-refractivity contribution in [1.29, 1.82) is 0 Å². The molecule has 7 rings (SSSR count). The summed E-state index contributed by atoms with van der Waals surface area (Å²) in [6.07, 6.45) is 16.8. The average molecular weight is 837 g/mol. The first kappa shape index (κ1) is 46.8. The summed E-state index contributed by atoms with van der Waals surface area (Å²) in [5.74, 6) is 13.5. The lowest BCUT2D eigenvalue weighted by molar-refractivity contribution is -0.150. The second-order valence-corrected chi connectivity index (χ2v) is 24.9. The van der Waals surface area contributed by atoms with Crippen LogP contribution in [0.1, 0.15) is 172 Å². The van der Waals surface area contributed by atoms with Crippen molar-refractivity contribution < 1.29 is 30.0 Å². The van der Waals surface area contributed by atoms with Gasteiger partial charge in [-0.3, -0.25) is 9.59 Å². The zero-order chi connectivity index (χ0) is 43.5. The van der Waals surface area contributed by atoms with Crippen LogP contribution in [0, 0.1) is 142 Å². The summed E-state index contributed by atoms with van der Waals surface area (Å²) in [7, 11) is 0. The molecule has 7 fully saturated rings. The molecular formula is C54H92O6. The van der Waals surface area contributed by atoms with Gasteiger partial charge in [0.05, 0.1) is 24.0 Å². The topological polar surface area (TPSA) is 115 Å². The fourth-order valence-corrected chi connectivity index (χ4v) is 18.2. The van der Waals surface area contributed by atoms with Crippen LogP contribution in [0.5, 0.6) is 0 Å². The Hall–Kier alpha value is -1.14. The van der Waals surface area contributed by atoms with E-state index in [1.807, 2.05) is 0 Å². The lowest BCUT2D eigenvalue weighted by Crippen LogP contribution is -2.47. The molecule has 60 heavy (non-hydrogen) atoms. The van der Waals surface area contributed by atoms with Crippen LogP contribution in [0.15, 0.2) is 0 Å². The second-order valence-electron chi connectivity index (χ2n) is 24.9. The molecule has 0 aromatic rings. The quantitative estimate of drug-likeness (QED) is 0.194. The van der Waals surface area contributed by atoms with E-state index in [-0.39, 0.29) is 0 Å². The maximum atomic E-state index is 11.7. The molecule has 0 aromatic heterocycles. The van der Waals surface area contributed by atoms with Gasteiger partial charge in [-0.05, 0) is 233 Å². The second kappa shape index (κ2) is 19.1. The van der Waals surface area contributed by atoms with Gasteiger partial charge < -0.3 is 20.4 Å². The maximum Gasteiger partial charge on any atom is 0.309 e. The van der Waals surface area contributed by atoms with Gasteiger partial charge in [-0.2, -0.15) is 0 Å². The first-order valence-corrected chi connectivity index (χ1v) is 26.2. The van der Waals surface area contributed by atoms with Crippen LogP contribution in [0.2, 0.25) is 0 Å². The molecule has 0 aromatic carbocycles. The molecule has 0 amide bonds. The first-order valence-electron chi connectivity index (χ1n) is 26.2. The Morgan fingerprint density at radius 1 is 0.300 bits per heavy atom. The molecule has 6 heteroatoms. The van der Waals surface area contributed by atoms with Gasteiger partial charge in [-0.1, -0.05) is 69.2 Å². The minimum atomic E-state index is -0.821. The number of aliphatic hydroxyl groups excluding tert-OH is 2. The molecule has 0 spiro atoms.